The number of hydrogen-bond acceptors (Lipinski definition) is 9. The molecular formula is C62H54O9. The van der Waals surface area contributed by atoms with Crippen LogP contribution in [0, 0.1) is 0 Å². The smallest absolute Gasteiger partial charge is 0.122 e. The molecule has 0 radical (unpaired) electrons. The van der Waals surface area contributed by atoms with Crippen LogP contribution in [0.2, 0.25) is 0 Å². The van der Waals surface area contributed by atoms with Gasteiger partial charge in [0.05, 0.1) is 0 Å². The second-order valence-electron chi connectivity index (χ2n) is 18.6. The number of rotatable bonds is 15. The Labute approximate surface area is 412 Å². The Morgan fingerprint density at radius 3 is 0.521 bits per heavy atom. The largest absolute Gasteiger partial charge is 0.508 e. The van der Waals surface area contributed by atoms with Crippen LogP contribution in [0.4, 0.5) is 0 Å². The number of phenolic OH excluding ortho intramolecular Hbond substituents is 9. The van der Waals surface area contributed by atoms with Crippen LogP contribution >= 0.6 is 0 Å². The summed E-state index contributed by atoms with van der Waals surface area (Å²) >= 11 is 0. The van der Waals surface area contributed by atoms with E-state index in [2.05, 4.69) is 6.92 Å². The fourth-order valence-corrected chi connectivity index (χ4v) is 9.46. The van der Waals surface area contributed by atoms with Crippen molar-refractivity contribution < 1.29 is 46.0 Å². The molecular weight excluding hydrogens is 889 g/mol. The van der Waals surface area contributed by atoms with Crippen LogP contribution in [-0.4, -0.2) is 46.0 Å². The van der Waals surface area contributed by atoms with Crippen molar-refractivity contribution in [3.63, 3.8) is 0 Å². The average Bonchev–Trinajstić information content (AvgIpc) is 3.36. The quantitative estimate of drug-likeness (QED) is 0.0452. The van der Waals surface area contributed by atoms with E-state index in [9.17, 15) is 46.0 Å². The van der Waals surface area contributed by atoms with Crippen LogP contribution < -0.4 is 0 Å². The second kappa shape index (κ2) is 20.0. The van der Waals surface area contributed by atoms with E-state index in [1.807, 2.05) is 109 Å². The number of phenols is 9. The van der Waals surface area contributed by atoms with Crippen molar-refractivity contribution in [2.45, 2.75) is 50.9 Å². The first-order valence-electron chi connectivity index (χ1n) is 23.4. The van der Waals surface area contributed by atoms with Gasteiger partial charge < -0.3 is 46.0 Å². The van der Waals surface area contributed by atoms with Gasteiger partial charge in [-0.2, -0.15) is 0 Å². The highest BCUT2D eigenvalue weighted by Crippen LogP contribution is 2.47. The van der Waals surface area contributed by atoms with E-state index < -0.39 is 5.41 Å². The van der Waals surface area contributed by atoms with Gasteiger partial charge in [0, 0.05) is 43.9 Å². The number of benzene rings is 9. The lowest BCUT2D eigenvalue weighted by Gasteiger charge is -2.35. The minimum Gasteiger partial charge on any atom is -0.508 e. The second-order valence-corrected chi connectivity index (χ2v) is 18.6. The summed E-state index contributed by atoms with van der Waals surface area (Å²) in [6.07, 6.45) is 1.83. The summed E-state index contributed by atoms with van der Waals surface area (Å²) in [7, 11) is 0. The maximum Gasteiger partial charge on any atom is 0.122 e. The van der Waals surface area contributed by atoms with Crippen LogP contribution in [0.15, 0.2) is 182 Å². The van der Waals surface area contributed by atoms with Gasteiger partial charge in [0.15, 0.2) is 0 Å². The van der Waals surface area contributed by atoms with Crippen molar-refractivity contribution >= 4 is 0 Å². The van der Waals surface area contributed by atoms with Gasteiger partial charge >= 0.3 is 0 Å². The number of aromatic hydroxyl groups is 9. The highest BCUT2D eigenvalue weighted by atomic mass is 16.3. The Bertz CT molecular complexity index is 2750. The molecule has 9 aromatic carbocycles. The molecule has 0 aliphatic rings. The van der Waals surface area contributed by atoms with Crippen LogP contribution in [0.5, 0.6) is 51.7 Å². The van der Waals surface area contributed by atoms with Gasteiger partial charge in [-0.1, -0.05) is 109 Å². The van der Waals surface area contributed by atoms with Crippen molar-refractivity contribution in [2.24, 2.45) is 0 Å². The molecule has 0 saturated carbocycles. The zero-order valence-corrected chi connectivity index (χ0v) is 39.1. The predicted molar refractivity (Wildman–Crippen MR) is 275 cm³/mol. The SMILES string of the molecule is CC(c1cc(Cc2ccc(O)cc2)c(O)c(Cc2ccc(O)cc2)c1)(c1cc(Cc2ccc(O)cc2)c(O)c(Cc2ccc(O)cc2)c1)c1cc(Cc2ccc(O)cc2)c(O)c(Cc2ccc(O)cc2)c1. The Hall–Kier alpha value is -8.82. The van der Waals surface area contributed by atoms with E-state index in [1.165, 1.54) is 0 Å². The third-order valence-electron chi connectivity index (χ3n) is 13.5. The molecule has 0 heterocycles. The highest BCUT2D eigenvalue weighted by molar-refractivity contribution is 5.62. The topological polar surface area (TPSA) is 182 Å². The third kappa shape index (κ3) is 10.8. The van der Waals surface area contributed by atoms with Gasteiger partial charge in [0.1, 0.15) is 51.7 Å². The van der Waals surface area contributed by atoms with Crippen LogP contribution in [0.25, 0.3) is 0 Å². The van der Waals surface area contributed by atoms with Gasteiger partial charge in [-0.15, -0.1) is 0 Å². The Balaban J connectivity index is 1.34. The molecule has 9 N–H and O–H groups in total. The lowest BCUT2D eigenvalue weighted by Crippen LogP contribution is -2.27. The first kappa shape index (κ1) is 47.3. The summed E-state index contributed by atoms with van der Waals surface area (Å²) in [6, 6.07) is 53.1. The molecule has 9 heteroatoms. The maximum atomic E-state index is 12.3. The molecule has 9 aromatic rings. The molecule has 0 bridgehead atoms. The molecule has 9 nitrogen and oxygen atoms in total. The molecule has 9 rings (SSSR count). The van der Waals surface area contributed by atoms with Gasteiger partial charge in [-0.05, 0) is 163 Å². The fourth-order valence-electron chi connectivity index (χ4n) is 9.46. The molecule has 0 spiro atoms. The molecule has 0 unspecified atom stereocenters. The van der Waals surface area contributed by atoms with Crippen molar-refractivity contribution in [3.8, 4) is 51.7 Å². The number of hydrogen-bond donors (Lipinski definition) is 9. The minimum absolute atomic E-state index is 0.0933. The van der Waals surface area contributed by atoms with Crippen molar-refractivity contribution in [2.75, 3.05) is 0 Å². The van der Waals surface area contributed by atoms with Crippen molar-refractivity contribution in [1.29, 1.82) is 0 Å². The zero-order chi connectivity index (χ0) is 49.8. The molecule has 0 saturated heterocycles. The molecule has 71 heavy (non-hydrogen) atoms. The van der Waals surface area contributed by atoms with Crippen molar-refractivity contribution in [1.82, 2.24) is 0 Å². The summed E-state index contributed by atoms with van der Waals surface area (Å²) in [6.45, 7) is 2.11. The third-order valence-corrected chi connectivity index (χ3v) is 13.5. The average molecular weight is 943 g/mol. The van der Waals surface area contributed by atoms with E-state index >= 15 is 0 Å². The minimum atomic E-state index is -1.12. The van der Waals surface area contributed by atoms with Gasteiger partial charge in [-0.25, -0.2) is 0 Å². The van der Waals surface area contributed by atoms with E-state index in [0.717, 1.165) is 50.1 Å². The van der Waals surface area contributed by atoms with Crippen LogP contribution in [0.1, 0.15) is 90.4 Å². The molecule has 0 amide bonds. The highest BCUT2D eigenvalue weighted by Gasteiger charge is 2.36. The Kier molecular flexibility index (Phi) is 13.3. The van der Waals surface area contributed by atoms with Gasteiger partial charge in [0.25, 0.3) is 0 Å². The van der Waals surface area contributed by atoms with Gasteiger partial charge in [0.2, 0.25) is 0 Å². The summed E-state index contributed by atoms with van der Waals surface area (Å²) in [5, 5.41) is 98.2. The summed E-state index contributed by atoms with van der Waals surface area (Å²) in [5.41, 5.74) is 10.0. The lowest BCUT2D eigenvalue weighted by molar-refractivity contribution is 0.461. The first-order chi connectivity index (χ1) is 34.2. The summed E-state index contributed by atoms with van der Waals surface area (Å²) in [4.78, 5) is 0. The van der Waals surface area contributed by atoms with Gasteiger partial charge in [-0.3, -0.25) is 0 Å². The van der Waals surface area contributed by atoms with E-state index in [4.69, 9.17) is 0 Å². The predicted octanol–water partition coefficient (Wildman–Crippen LogP) is 11.9. The van der Waals surface area contributed by atoms with E-state index in [-0.39, 0.29) is 51.7 Å². The summed E-state index contributed by atoms with van der Waals surface area (Å²) < 4.78 is 0. The van der Waals surface area contributed by atoms with E-state index in [0.29, 0.717) is 71.9 Å². The molecule has 356 valence electrons. The molecule has 0 fully saturated rings. The maximum absolute atomic E-state index is 12.3. The standard InChI is InChI=1S/C62H54O9/c1-62(50-32-44(26-38-2-14-53(63)15-3-38)59(69)45(33-50)27-39-4-16-54(64)17-5-39,51-34-46(28-40-6-18-55(65)19-7-40)60(70)47(35-51)29-41-8-20-56(66)21-9-41)52-36-48(30-42-10-22-57(67)23-11-42)61(71)49(37-52)31-43-12-24-58(68)25-13-43/h2-25,32-37,63-71H,26-31H2,1H3. The molecule has 0 aliphatic carbocycles. The normalized spacial score (nSPS) is 11.5. The lowest BCUT2D eigenvalue weighted by atomic mass is 9.68. The molecule has 0 aromatic heterocycles. The first-order valence-corrected chi connectivity index (χ1v) is 23.4. The van der Waals surface area contributed by atoms with Crippen LogP contribution in [0.3, 0.4) is 0 Å². The monoisotopic (exact) mass is 942 g/mol. The Morgan fingerprint density at radius 2 is 0.380 bits per heavy atom. The summed E-state index contributed by atoms with van der Waals surface area (Å²) in [5.74, 6) is 0.971. The fraction of sp³-hybridized carbons (Fsp3) is 0.129. The van der Waals surface area contributed by atoms with Crippen molar-refractivity contribution in [3.05, 3.63) is 265 Å². The van der Waals surface area contributed by atoms with E-state index in [1.54, 1.807) is 72.8 Å². The Morgan fingerprint density at radius 1 is 0.239 bits per heavy atom. The zero-order valence-electron chi connectivity index (χ0n) is 39.1. The molecule has 0 atom stereocenters. The molecule has 0 aliphatic heterocycles. The van der Waals surface area contributed by atoms with Crippen LogP contribution in [-0.2, 0) is 43.9 Å².